The minimum absolute atomic E-state index is 0.0668. The maximum Gasteiger partial charge on any atom is 0.412 e. The number of hydrogen-bond donors (Lipinski definition) is 3. The average molecular weight is 482 g/mol. The number of amides is 1. The van der Waals surface area contributed by atoms with Crippen molar-refractivity contribution >= 4 is 11.8 Å². The molecule has 0 aliphatic carbocycles. The first-order valence-electron chi connectivity index (χ1n) is 11.2. The molecule has 0 fully saturated rings. The minimum Gasteiger partial charge on any atom is -0.491 e. The van der Waals surface area contributed by atoms with Crippen LogP contribution in [0.2, 0.25) is 0 Å². The van der Waals surface area contributed by atoms with E-state index in [0.717, 1.165) is 0 Å². The zero-order valence-corrected chi connectivity index (χ0v) is 19.0. The fraction of sp³-hybridized carbons (Fsp3) is 0.269. The van der Waals surface area contributed by atoms with Crippen molar-refractivity contribution in [1.29, 1.82) is 0 Å². The van der Waals surface area contributed by atoms with E-state index in [0.29, 0.717) is 34.2 Å². The predicted octanol–water partition coefficient (Wildman–Crippen LogP) is 3.91. The number of aliphatic hydroxyl groups excluding tert-OH is 2. The Morgan fingerprint density at radius 1 is 0.943 bits per heavy atom. The first-order valence-corrected chi connectivity index (χ1v) is 11.2. The topological polar surface area (TPSA) is 116 Å². The van der Waals surface area contributed by atoms with Crippen LogP contribution in [0.15, 0.2) is 72.8 Å². The molecule has 4 rings (SSSR count). The molecule has 184 valence electrons. The van der Waals surface area contributed by atoms with E-state index >= 15 is 0 Å². The Hall–Kier alpha value is -3.95. The molecular formula is C26H27NO8. The summed E-state index contributed by atoms with van der Waals surface area (Å²) < 4.78 is 28.4. The summed E-state index contributed by atoms with van der Waals surface area (Å²) in [6.07, 6.45) is -2.22. The van der Waals surface area contributed by atoms with Crippen molar-refractivity contribution < 1.29 is 38.7 Å². The summed E-state index contributed by atoms with van der Waals surface area (Å²) in [6, 6.07) is 21.1. The smallest absolute Gasteiger partial charge is 0.412 e. The third-order valence-corrected chi connectivity index (χ3v) is 5.21. The summed E-state index contributed by atoms with van der Waals surface area (Å²) in [4.78, 5) is 13.0. The van der Waals surface area contributed by atoms with Gasteiger partial charge in [-0.15, -0.1) is 0 Å². The molecule has 3 aromatic carbocycles. The predicted molar refractivity (Wildman–Crippen MR) is 127 cm³/mol. The van der Waals surface area contributed by atoms with Gasteiger partial charge in [-0.3, -0.25) is 5.32 Å². The van der Waals surface area contributed by atoms with E-state index in [1.807, 2.05) is 18.2 Å². The van der Waals surface area contributed by atoms with Gasteiger partial charge < -0.3 is 33.9 Å². The highest BCUT2D eigenvalue weighted by atomic mass is 16.7. The second-order valence-electron chi connectivity index (χ2n) is 7.61. The Balaban J connectivity index is 1.60. The van der Waals surface area contributed by atoms with Gasteiger partial charge in [-0.05, 0) is 30.3 Å². The lowest BCUT2D eigenvalue weighted by atomic mass is 10.0. The molecule has 1 heterocycles. The minimum atomic E-state index is -0.939. The van der Waals surface area contributed by atoms with E-state index in [-0.39, 0.29) is 33.0 Å². The number of carbonyl (C=O) groups is 1. The molecule has 1 aliphatic rings. The van der Waals surface area contributed by atoms with Gasteiger partial charge in [0.2, 0.25) is 6.79 Å². The third-order valence-electron chi connectivity index (χ3n) is 5.21. The molecule has 0 saturated heterocycles. The van der Waals surface area contributed by atoms with Crippen LogP contribution in [0.1, 0.15) is 18.1 Å². The van der Waals surface area contributed by atoms with Gasteiger partial charge in [0, 0.05) is 30.3 Å². The fourth-order valence-corrected chi connectivity index (χ4v) is 3.65. The number of fused-ring (bicyclic) bond motifs is 1. The lowest BCUT2D eigenvalue weighted by Gasteiger charge is -2.29. The molecule has 0 spiro atoms. The Kier molecular flexibility index (Phi) is 8.26. The molecule has 1 amide bonds. The van der Waals surface area contributed by atoms with Gasteiger partial charge >= 0.3 is 6.09 Å². The zero-order chi connectivity index (χ0) is 24.5. The molecule has 1 aliphatic heterocycles. The fourth-order valence-electron chi connectivity index (χ4n) is 3.65. The van der Waals surface area contributed by atoms with Gasteiger partial charge in [0.15, 0.2) is 17.6 Å². The number of rotatable bonds is 11. The standard InChI is InChI=1S/C26H27NO8/c28-13-12-23(34-19-6-2-1-3-7-19)25(20-8-4-5-9-21(20)31-15-14-29)35-26(30)27-18-10-11-22-24(16-18)33-17-32-22/h1-11,16,23,25,28-29H,12-15,17H2,(H,27,30)/t23-,25-/m0/s1. The summed E-state index contributed by atoms with van der Waals surface area (Å²) in [6.45, 7) is -0.182. The number of benzene rings is 3. The van der Waals surface area contributed by atoms with E-state index in [4.69, 9.17) is 23.7 Å². The van der Waals surface area contributed by atoms with Gasteiger partial charge in [0.05, 0.1) is 6.61 Å². The molecule has 9 nitrogen and oxygen atoms in total. The summed E-state index contributed by atoms with van der Waals surface area (Å²) in [5, 5.41) is 21.7. The first kappa shape index (κ1) is 24.2. The summed E-state index contributed by atoms with van der Waals surface area (Å²) in [5.74, 6) is 2.11. The molecule has 3 N–H and O–H groups in total. The molecule has 0 saturated carbocycles. The number of anilines is 1. The number of para-hydroxylation sites is 2. The SMILES string of the molecule is O=C(Nc1ccc2c(c1)OCO2)O[C@@H](c1ccccc1OCCO)[C@H](CCO)Oc1ccccc1. The number of carbonyl (C=O) groups excluding carboxylic acids is 1. The van der Waals surface area contributed by atoms with Crippen molar-refractivity contribution in [3.8, 4) is 23.0 Å². The van der Waals surface area contributed by atoms with E-state index in [1.54, 1.807) is 54.6 Å². The summed E-state index contributed by atoms with van der Waals surface area (Å²) in [7, 11) is 0. The largest absolute Gasteiger partial charge is 0.491 e. The van der Waals surface area contributed by atoms with Crippen LogP contribution in [-0.2, 0) is 4.74 Å². The van der Waals surface area contributed by atoms with Crippen molar-refractivity contribution in [2.24, 2.45) is 0 Å². The van der Waals surface area contributed by atoms with Gasteiger partial charge in [-0.2, -0.15) is 0 Å². The molecule has 3 aromatic rings. The third kappa shape index (κ3) is 6.34. The Bertz CT molecular complexity index is 1110. The van der Waals surface area contributed by atoms with E-state index in [1.165, 1.54) is 0 Å². The van der Waals surface area contributed by atoms with E-state index < -0.39 is 18.3 Å². The van der Waals surface area contributed by atoms with Crippen molar-refractivity contribution in [3.63, 3.8) is 0 Å². The Morgan fingerprint density at radius 2 is 1.71 bits per heavy atom. The quantitative estimate of drug-likeness (QED) is 0.378. The monoisotopic (exact) mass is 481 g/mol. The lowest BCUT2D eigenvalue weighted by Crippen LogP contribution is -2.32. The van der Waals surface area contributed by atoms with Crippen LogP contribution >= 0.6 is 0 Å². The molecule has 9 heteroatoms. The van der Waals surface area contributed by atoms with Crippen LogP contribution in [0.3, 0.4) is 0 Å². The van der Waals surface area contributed by atoms with Gasteiger partial charge in [-0.25, -0.2) is 4.79 Å². The van der Waals surface area contributed by atoms with Gasteiger partial charge in [0.1, 0.15) is 24.2 Å². The van der Waals surface area contributed by atoms with Crippen LogP contribution < -0.4 is 24.3 Å². The van der Waals surface area contributed by atoms with Crippen LogP contribution in [0, 0.1) is 0 Å². The molecular weight excluding hydrogens is 454 g/mol. The number of nitrogens with one attached hydrogen (secondary N) is 1. The van der Waals surface area contributed by atoms with E-state index in [2.05, 4.69) is 5.32 Å². The highest BCUT2D eigenvalue weighted by molar-refractivity contribution is 5.85. The van der Waals surface area contributed by atoms with Crippen LogP contribution in [0.5, 0.6) is 23.0 Å². The lowest BCUT2D eigenvalue weighted by molar-refractivity contribution is 0.00751. The first-order chi connectivity index (χ1) is 17.2. The van der Waals surface area contributed by atoms with Gasteiger partial charge in [-0.1, -0.05) is 36.4 Å². The van der Waals surface area contributed by atoms with E-state index in [9.17, 15) is 15.0 Å². The highest BCUT2D eigenvalue weighted by Gasteiger charge is 2.31. The second kappa shape index (κ2) is 12.0. The summed E-state index contributed by atoms with van der Waals surface area (Å²) >= 11 is 0. The van der Waals surface area contributed by atoms with Crippen LogP contribution in [0.25, 0.3) is 0 Å². The maximum atomic E-state index is 13.0. The number of ether oxygens (including phenoxy) is 5. The molecule has 2 atom stereocenters. The Labute approximate surface area is 202 Å². The molecule has 0 unspecified atom stereocenters. The molecule has 0 aromatic heterocycles. The van der Waals surface area contributed by atoms with Crippen LogP contribution in [-0.4, -0.2) is 49.0 Å². The number of aliphatic hydroxyl groups is 2. The van der Waals surface area contributed by atoms with Crippen molar-refractivity contribution in [2.45, 2.75) is 18.6 Å². The number of hydrogen-bond acceptors (Lipinski definition) is 8. The van der Waals surface area contributed by atoms with Crippen LogP contribution in [0.4, 0.5) is 10.5 Å². The molecule has 35 heavy (non-hydrogen) atoms. The van der Waals surface area contributed by atoms with Crippen molar-refractivity contribution in [3.05, 3.63) is 78.4 Å². The summed E-state index contributed by atoms with van der Waals surface area (Å²) in [5.41, 5.74) is 1.00. The zero-order valence-electron chi connectivity index (χ0n) is 19.0. The molecule has 0 radical (unpaired) electrons. The molecule has 0 bridgehead atoms. The van der Waals surface area contributed by atoms with Crippen molar-refractivity contribution in [1.82, 2.24) is 0 Å². The van der Waals surface area contributed by atoms with Gasteiger partial charge in [0.25, 0.3) is 0 Å². The highest BCUT2D eigenvalue weighted by Crippen LogP contribution is 2.36. The normalized spacial score (nSPS) is 13.5. The second-order valence-corrected chi connectivity index (χ2v) is 7.61. The van der Waals surface area contributed by atoms with Crippen molar-refractivity contribution in [2.75, 3.05) is 31.9 Å². The maximum absolute atomic E-state index is 13.0. The Morgan fingerprint density at radius 3 is 2.51 bits per heavy atom. The average Bonchev–Trinajstić information content (AvgIpc) is 3.35.